The van der Waals surface area contributed by atoms with Crippen molar-refractivity contribution in [2.24, 2.45) is 0 Å². The van der Waals surface area contributed by atoms with Crippen molar-refractivity contribution in [1.29, 1.82) is 0 Å². The first-order valence-electron chi connectivity index (χ1n) is 7.47. The molecule has 0 saturated carbocycles. The van der Waals surface area contributed by atoms with E-state index in [1.165, 1.54) is 0 Å². The number of hydrogen-bond acceptors (Lipinski definition) is 3. The lowest BCUT2D eigenvalue weighted by atomic mass is 10.1. The van der Waals surface area contributed by atoms with Gasteiger partial charge in [-0.15, -0.1) is 0 Å². The molecule has 19 heavy (non-hydrogen) atoms. The molecule has 5 nitrogen and oxygen atoms in total. The molecule has 0 spiro atoms. The third kappa shape index (κ3) is 4.70. The molecule has 1 fully saturated rings. The number of nitrogens with one attached hydrogen (secondary N) is 1. The Balaban J connectivity index is 2.77. The van der Waals surface area contributed by atoms with Crippen LogP contribution in [0.5, 0.6) is 0 Å². The van der Waals surface area contributed by atoms with Crippen LogP contribution in [0, 0.1) is 0 Å². The maximum Gasteiger partial charge on any atom is 0.281 e. The second-order valence-corrected chi connectivity index (χ2v) is 7.25. The monoisotopic (exact) mass is 291 g/mol. The predicted octanol–water partition coefficient (Wildman–Crippen LogP) is 1.43. The van der Waals surface area contributed by atoms with Crippen LogP contribution in [0.3, 0.4) is 0 Å². The Morgan fingerprint density at radius 1 is 1.11 bits per heavy atom. The lowest BCUT2D eigenvalue weighted by Crippen LogP contribution is -2.47. The van der Waals surface area contributed by atoms with Crippen molar-refractivity contribution in [3.05, 3.63) is 0 Å². The van der Waals surface area contributed by atoms with E-state index in [-0.39, 0.29) is 6.04 Å². The summed E-state index contributed by atoms with van der Waals surface area (Å²) in [6.07, 6.45) is 4.63. The molecule has 1 unspecified atom stereocenters. The van der Waals surface area contributed by atoms with Gasteiger partial charge >= 0.3 is 0 Å². The summed E-state index contributed by atoms with van der Waals surface area (Å²) in [6.45, 7) is 7.18. The van der Waals surface area contributed by atoms with Crippen LogP contribution < -0.4 is 5.32 Å². The average molecular weight is 291 g/mol. The fraction of sp³-hybridized carbons (Fsp3) is 1.00. The highest BCUT2D eigenvalue weighted by atomic mass is 32.2. The van der Waals surface area contributed by atoms with Crippen LogP contribution in [0.1, 0.15) is 46.0 Å². The fourth-order valence-corrected chi connectivity index (χ4v) is 4.35. The first-order chi connectivity index (χ1) is 9.04. The van der Waals surface area contributed by atoms with E-state index in [1.807, 2.05) is 13.8 Å². The molecule has 1 aliphatic heterocycles. The zero-order chi connectivity index (χ0) is 14.3. The molecule has 114 valence electrons. The normalized spacial score (nSPS) is 21.8. The van der Waals surface area contributed by atoms with Gasteiger partial charge in [0.05, 0.1) is 0 Å². The van der Waals surface area contributed by atoms with Crippen molar-refractivity contribution < 1.29 is 8.42 Å². The van der Waals surface area contributed by atoms with Gasteiger partial charge in [-0.3, -0.25) is 0 Å². The smallest absolute Gasteiger partial charge is 0.281 e. The Labute approximate surface area is 118 Å². The zero-order valence-corrected chi connectivity index (χ0v) is 13.4. The number of nitrogens with zero attached hydrogens (tertiary/aromatic N) is 2. The van der Waals surface area contributed by atoms with E-state index < -0.39 is 10.2 Å². The molecule has 0 aromatic carbocycles. The van der Waals surface area contributed by atoms with Gasteiger partial charge in [0.25, 0.3) is 10.2 Å². The van der Waals surface area contributed by atoms with Gasteiger partial charge in [0.1, 0.15) is 0 Å². The van der Waals surface area contributed by atoms with Crippen LogP contribution in [0.25, 0.3) is 0 Å². The molecule has 0 amide bonds. The Bertz CT molecular complexity index is 332. The SMILES string of the molecule is CCCN(CCC)S(=O)(=O)N(C)C1CCCNCC1. The molecule has 1 heterocycles. The minimum absolute atomic E-state index is 0.135. The summed E-state index contributed by atoms with van der Waals surface area (Å²) >= 11 is 0. The quantitative estimate of drug-likeness (QED) is 0.772. The molecule has 1 saturated heterocycles. The molecule has 0 aromatic heterocycles. The Kier molecular flexibility index (Phi) is 7.28. The van der Waals surface area contributed by atoms with E-state index >= 15 is 0 Å². The summed E-state index contributed by atoms with van der Waals surface area (Å²) in [6, 6.07) is 0.135. The second-order valence-electron chi connectivity index (χ2n) is 5.26. The van der Waals surface area contributed by atoms with Crippen LogP contribution >= 0.6 is 0 Å². The van der Waals surface area contributed by atoms with Crippen LogP contribution in [-0.2, 0) is 10.2 Å². The maximum absolute atomic E-state index is 12.7. The van der Waals surface area contributed by atoms with Gasteiger partial charge in [-0.25, -0.2) is 0 Å². The minimum atomic E-state index is -3.30. The van der Waals surface area contributed by atoms with E-state index in [0.717, 1.165) is 45.2 Å². The average Bonchev–Trinajstić information content (AvgIpc) is 2.66. The summed E-state index contributed by atoms with van der Waals surface area (Å²) in [4.78, 5) is 0. The molecule has 6 heteroatoms. The standard InChI is InChI=1S/C13H29N3O2S/c1-4-11-16(12-5-2)19(17,18)15(3)13-7-6-9-14-10-8-13/h13-14H,4-12H2,1-3H3. The summed E-state index contributed by atoms with van der Waals surface area (Å²) in [5.74, 6) is 0. The van der Waals surface area contributed by atoms with Crippen molar-refractivity contribution in [1.82, 2.24) is 13.9 Å². The van der Waals surface area contributed by atoms with E-state index in [0.29, 0.717) is 13.1 Å². The van der Waals surface area contributed by atoms with Crippen LogP contribution in [0.15, 0.2) is 0 Å². The van der Waals surface area contributed by atoms with Crippen LogP contribution in [0.2, 0.25) is 0 Å². The van der Waals surface area contributed by atoms with E-state index in [1.54, 1.807) is 15.7 Å². The van der Waals surface area contributed by atoms with Gasteiger partial charge < -0.3 is 5.32 Å². The Morgan fingerprint density at radius 3 is 2.32 bits per heavy atom. The van der Waals surface area contributed by atoms with E-state index in [2.05, 4.69) is 5.32 Å². The summed E-state index contributed by atoms with van der Waals surface area (Å²) in [5, 5.41) is 3.33. The lowest BCUT2D eigenvalue weighted by molar-refractivity contribution is 0.298. The first-order valence-corrected chi connectivity index (χ1v) is 8.87. The van der Waals surface area contributed by atoms with Crippen LogP contribution in [-0.4, -0.2) is 56.3 Å². The number of rotatable bonds is 7. The van der Waals surface area contributed by atoms with Gasteiger partial charge in [-0.05, 0) is 45.2 Å². The summed E-state index contributed by atoms with van der Waals surface area (Å²) in [5.41, 5.74) is 0. The molecule has 0 aromatic rings. The summed E-state index contributed by atoms with van der Waals surface area (Å²) < 4.78 is 28.5. The predicted molar refractivity (Wildman–Crippen MR) is 79.3 cm³/mol. The van der Waals surface area contributed by atoms with Gasteiger partial charge in [-0.2, -0.15) is 17.0 Å². The van der Waals surface area contributed by atoms with E-state index in [9.17, 15) is 8.42 Å². The first kappa shape index (κ1) is 16.9. The largest absolute Gasteiger partial charge is 0.317 e. The molecule has 1 atom stereocenters. The zero-order valence-electron chi connectivity index (χ0n) is 12.6. The van der Waals surface area contributed by atoms with Crippen molar-refractivity contribution in [2.45, 2.75) is 52.0 Å². The lowest BCUT2D eigenvalue weighted by Gasteiger charge is -2.32. The fourth-order valence-electron chi connectivity index (χ4n) is 2.58. The minimum Gasteiger partial charge on any atom is -0.317 e. The molecular formula is C13H29N3O2S. The third-order valence-corrected chi connectivity index (χ3v) is 5.74. The van der Waals surface area contributed by atoms with Crippen molar-refractivity contribution in [2.75, 3.05) is 33.2 Å². The molecular weight excluding hydrogens is 262 g/mol. The third-order valence-electron chi connectivity index (χ3n) is 3.70. The summed E-state index contributed by atoms with van der Waals surface area (Å²) in [7, 11) is -1.56. The molecule has 1 aliphatic rings. The van der Waals surface area contributed by atoms with Crippen molar-refractivity contribution in [3.63, 3.8) is 0 Å². The van der Waals surface area contributed by atoms with Crippen molar-refractivity contribution >= 4 is 10.2 Å². The molecule has 0 aliphatic carbocycles. The van der Waals surface area contributed by atoms with Crippen LogP contribution in [0.4, 0.5) is 0 Å². The maximum atomic E-state index is 12.7. The van der Waals surface area contributed by atoms with Gasteiger partial charge in [0, 0.05) is 26.2 Å². The molecule has 0 radical (unpaired) electrons. The Hall–Kier alpha value is -0.170. The second kappa shape index (κ2) is 8.19. The highest BCUT2D eigenvalue weighted by Crippen LogP contribution is 2.18. The van der Waals surface area contributed by atoms with Crippen molar-refractivity contribution in [3.8, 4) is 0 Å². The highest BCUT2D eigenvalue weighted by Gasteiger charge is 2.31. The molecule has 0 bridgehead atoms. The van der Waals surface area contributed by atoms with Gasteiger partial charge in [-0.1, -0.05) is 13.8 Å². The van der Waals surface area contributed by atoms with Gasteiger partial charge in [0.15, 0.2) is 0 Å². The number of hydrogen-bond donors (Lipinski definition) is 1. The molecule has 1 N–H and O–H groups in total. The molecule has 1 rings (SSSR count). The topological polar surface area (TPSA) is 52.7 Å². The Morgan fingerprint density at radius 2 is 1.74 bits per heavy atom. The van der Waals surface area contributed by atoms with Gasteiger partial charge in [0.2, 0.25) is 0 Å². The highest BCUT2D eigenvalue weighted by molar-refractivity contribution is 7.86. The van der Waals surface area contributed by atoms with E-state index in [4.69, 9.17) is 0 Å².